The van der Waals surface area contributed by atoms with E-state index in [9.17, 15) is 13.2 Å². The van der Waals surface area contributed by atoms with Gasteiger partial charge in [0.2, 0.25) is 0 Å². The fraction of sp³-hybridized carbons (Fsp3) is 0.375. The molecule has 0 aromatic carbocycles. The molecule has 3 nitrogen and oxygen atoms in total. The summed E-state index contributed by atoms with van der Waals surface area (Å²) in [5.41, 5.74) is 0.617. The van der Waals surface area contributed by atoms with Crippen molar-refractivity contribution in [2.75, 3.05) is 6.54 Å². The second-order valence-corrected chi connectivity index (χ2v) is 3.92. The zero-order chi connectivity index (χ0) is 10.9. The third-order valence-corrected chi connectivity index (χ3v) is 2.55. The van der Waals surface area contributed by atoms with Crippen molar-refractivity contribution in [3.8, 4) is 0 Å². The molecule has 0 unspecified atom stereocenters. The average Bonchev–Trinajstić information content (AvgIpc) is 2.60. The van der Waals surface area contributed by atoms with Crippen molar-refractivity contribution in [1.82, 2.24) is 14.7 Å². The number of thiazole rings is 1. The number of aromatic nitrogens is 2. The molecule has 2 rings (SSSR count). The Balaban J connectivity index is 1.93. The number of imidazole rings is 1. The molecule has 0 aliphatic carbocycles. The van der Waals surface area contributed by atoms with Crippen molar-refractivity contribution in [3.63, 3.8) is 0 Å². The van der Waals surface area contributed by atoms with Crippen molar-refractivity contribution < 1.29 is 13.2 Å². The van der Waals surface area contributed by atoms with Gasteiger partial charge in [0.25, 0.3) is 0 Å². The molecule has 0 spiro atoms. The number of fused-ring (bicyclic) bond motifs is 1. The molecular formula is C8H8F3N3S. The Morgan fingerprint density at radius 1 is 1.47 bits per heavy atom. The SMILES string of the molecule is FC(F)(F)CNCc1cn2ccsc2n1. The van der Waals surface area contributed by atoms with Crippen LogP contribution in [-0.2, 0) is 6.54 Å². The van der Waals surface area contributed by atoms with Gasteiger partial charge in [-0.15, -0.1) is 11.3 Å². The van der Waals surface area contributed by atoms with E-state index in [0.717, 1.165) is 4.96 Å². The molecule has 0 saturated heterocycles. The first kappa shape index (κ1) is 10.4. The van der Waals surface area contributed by atoms with Crippen molar-refractivity contribution in [3.05, 3.63) is 23.5 Å². The van der Waals surface area contributed by atoms with E-state index in [1.165, 1.54) is 11.3 Å². The van der Waals surface area contributed by atoms with Gasteiger partial charge in [0, 0.05) is 24.3 Å². The summed E-state index contributed by atoms with van der Waals surface area (Å²) in [7, 11) is 0. The number of hydrogen-bond acceptors (Lipinski definition) is 3. The fourth-order valence-electron chi connectivity index (χ4n) is 1.19. The van der Waals surface area contributed by atoms with Gasteiger partial charge in [-0.1, -0.05) is 0 Å². The first-order valence-electron chi connectivity index (χ1n) is 4.23. The summed E-state index contributed by atoms with van der Waals surface area (Å²) in [5, 5.41) is 4.17. The summed E-state index contributed by atoms with van der Waals surface area (Å²) in [6.07, 6.45) is -0.632. The topological polar surface area (TPSA) is 29.3 Å². The van der Waals surface area contributed by atoms with Crippen LogP contribution >= 0.6 is 11.3 Å². The molecule has 2 heterocycles. The fourth-order valence-corrected chi connectivity index (χ4v) is 1.91. The van der Waals surface area contributed by atoms with Crippen LogP contribution < -0.4 is 5.32 Å². The van der Waals surface area contributed by atoms with Crippen LogP contribution in [0.25, 0.3) is 4.96 Å². The molecule has 7 heteroatoms. The van der Waals surface area contributed by atoms with Gasteiger partial charge in [0.15, 0.2) is 4.96 Å². The maximum Gasteiger partial charge on any atom is 0.401 e. The van der Waals surface area contributed by atoms with Crippen LogP contribution in [0.15, 0.2) is 17.8 Å². The molecule has 0 fully saturated rings. The van der Waals surface area contributed by atoms with Gasteiger partial charge < -0.3 is 5.32 Å². The minimum absolute atomic E-state index is 0.133. The molecule has 0 bridgehead atoms. The normalized spacial score (nSPS) is 12.5. The van der Waals surface area contributed by atoms with Crippen LogP contribution in [0.3, 0.4) is 0 Å². The Labute approximate surface area is 87.6 Å². The molecule has 0 aliphatic heterocycles. The molecule has 0 atom stereocenters. The molecule has 2 aromatic rings. The number of halogens is 3. The highest BCUT2D eigenvalue weighted by Crippen LogP contribution is 2.14. The molecule has 15 heavy (non-hydrogen) atoms. The number of rotatable bonds is 3. The summed E-state index contributed by atoms with van der Waals surface area (Å²) in [6, 6.07) is 0. The van der Waals surface area contributed by atoms with Crippen LogP contribution in [-0.4, -0.2) is 22.1 Å². The van der Waals surface area contributed by atoms with E-state index >= 15 is 0 Å². The zero-order valence-corrected chi connectivity index (χ0v) is 8.40. The Morgan fingerprint density at radius 3 is 2.93 bits per heavy atom. The summed E-state index contributed by atoms with van der Waals surface area (Å²) in [5.74, 6) is 0. The van der Waals surface area contributed by atoms with Crippen LogP contribution in [0.5, 0.6) is 0 Å². The highest BCUT2D eigenvalue weighted by atomic mass is 32.1. The molecular weight excluding hydrogens is 227 g/mol. The lowest BCUT2D eigenvalue weighted by atomic mass is 10.4. The monoisotopic (exact) mass is 235 g/mol. The third kappa shape index (κ3) is 2.69. The second kappa shape index (κ2) is 3.82. The Hall–Kier alpha value is -1.08. The Kier molecular flexibility index (Phi) is 2.66. The first-order chi connectivity index (χ1) is 7.04. The lowest BCUT2D eigenvalue weighted by Gasteiger charge is -2.05. The van der Waals surface area contributed by atoms with Crippen molar-refractivity contribution in [2.24, 2.45) is 0 Å². The molecule has 0 saturated carbocycles. The van der Waals surface area contributed by atoms with E-state index in [-0.39, 0.29) is 6.54 Å². The summed E-state index contributed by atoms with van der Waals surface area (Å²) in [4.78, 5) is 4.93. The largest absolute Gasteiger partial charge is 0.401 e. The number of nitrogens with one attached hydrogen (secondary N) is 1. The summed E-state index contributed by atoms with van der Waals surface area (Å²) >= 11 is 1.45. The van der Waals surface area contributed by atoms with Gasteiger partial charge in [0.1, 0.15) is 0 Å². The maximum absolute atomic E-state index is 11.8. The molecule has 0 aliphatic rings. The van der Waals surface area contributed by atoms with E-state index in [0.29, 0.717) is 5.69 Å². The molecule has 0 radical (unpaired) electrons. The van der Waals surface area contributed by atoms with E-state index < -0.39 is 12.7 Å². The zero-order valence-electron chi connectivity index (χ0n) is 7.58. The highest BCUT2D eigenvalue weighted by molar-refractivity contribution is 7.15. The number of nitrogens with zero attached hydrogens (tertiary/aromatic N) is 2. The molecule has 1 N–H and O–H groups in total. The van der Waals surface area contributed by atoms with E-state index in [1.807, 2.05) is 11.6 Å². The standard InChI is InChI=1S/C8H8F3N3S/c9-8(10,11)5-12-3-6-4-14-1-2-15-7(14)13-6/h1-2,4,12H,3,5H2. The predicted molar refractivity (Wildman–Crippen MR) is 50.8 cm³/mol. The third-order valence-electron chi connectivity index (χ3n) is 1.77. The Morgan fingerprint density at radius 2 is 2.27 bits per heavy atom. The van der Waals surface area contributed by atoms with Crippen LogP contribution in [0, 0.1) is 0 Å². The van der Waals surface area contributed by atoms with Gasteiger partial charge in [-0.2, -0.15) is 13.2 Å². The van der Waals surface area contributed by atoms with Gasteiger partial charge in [0.05, 0.1) is 12.2 Å². The van der Waals surface area contributed by atoms with Gasteiger partial charge in [-0.05, 0) is 0 Å². The van der Waals surface area contributed by atoms with Crippen molar-refractivity contribution >= 4 is 16.3 Å². The smallest absolute Gasteiger partial charge is 0.303 e. The molecule has 0 amide bonds. The number of alkyl halides is 3. The first-order valence-corrected chi connectivity index (χ1v) is 5.11. The highest BCUT2D eigenvalue weighted by Gasteiger charge is 2.26. The van der Waals surface area contributed by atoms with Crippen molar-refractivity contribution in [1.29, 1.82) is 0 Å². The van der Waals surface area contributed by atoms with Crippen molar-refractivity contribution in [2.45, 2.75) is 12.7 Å². The van der Waals surface area contributed by atoms with E-state index in [4.69, 9.17) is 0 Å². The Bertz CT molecular complexity index is 417. The number of hydrogen-bond donors (Lipinski definition) is 1. The van der Waals surface area contributed by atoms with Crippen LogP contribution in [0.2, 0.25) is 0 Å². The predicted octanol–water partition coefficient (Wildman–Crippen LogP) is 2.05. The average molecular weight is 235 g/mol. The summed E-state index contributed by atoms with van der Waals surface area (Å²) < 4.78 is 37.2. The van der Waals surface area contributed by atoms with Gasteiger partial charge in [-0.3, -0.25) is 4.40 Å². The van der Waals surface area contributed by atoms with Crippen LogP contribution in [0.4, 0.5) is 13.2 Å². The lowest BCUT2D eigenvalue weighted by molar-refractivity contribution is -0.125. The minimum Gasteiger partial charge on any atom is -0.303 e. The van der Waals surface area contributed by atoms with Crippen LogP contribution in [0.1, 0.15) is 5.69 Å². The van der Waals surface area contributed by atoms with Gasteiger partial charge in [-0.25, -0.2) is 4.98 Å². The maximum atomic E-state index is 11.8. The minimum atomic E-state index is -4.17. The van der Waals surface area contributed by atoms with E-state index in [2.05, 4.69) is 10.3 Å². The quantitative estimate of drug-likeness (QED) is 0.882. The van der Waals surface area contributed by atoms with E-state index in [1.54, 1.807) is 10.6 Å². The summed E-state index contributed by atoms with van der Waals surface area (Å²) in [6.45, 7) is -0.855. The lowest BCUT2D eigenvalue weighted by Crippen LogP contribution is -2.28. The molecule has 2 aromatic heterocycles. The molecule has 82 valence electrons. The second-order valence-electron chi connectivity index (χ2n) is 3.04. The van der Waals surface area contributed by atoms with Gasteiger partial charge >= 0.3 is 6.18 Å².